The van der Waals surface area contributed by atoms with Crippen molar-refractivity contribution in [2.24, 2.45) is 0 Å². The van der Waals surface area contributed by atoms with E-state index in [1.807, 2.05) is 0 Å². The molecule has 7 heteroatoms. The highest BCUT2D eigenvalue weighted by Crippen LogP contribution is 2.40. The van der Waals surface area contributed by atoms with E-state index >= 15 is 0 Å². The number of ether oxygens (including phenoxy) is 2. The van der Waals surface area contributed by atoms with Gasteiger partial charge in [-0.05, 0) is 69.5 Å². The van der Waals surface area contributed by atoms with E-state index < -0.39 is 10.0 Å². The van der Waals surface area contributed by atoms with Gasteiger partial charge >= 0.3 is 0 Å². The molecule has 2 atom stereocenters. The largest absolute Gasteiger partial charge is 0.492 e. The van der Waals surface area contributed by atoms with Crippen LogP contribution in [0.4, 0.5) is 0 Å². The lowest BCUT2D eigenvalue weighted by Crippen LogP contribution is -2.58. The first-order chi connectivity index (χ1) is 13.9. The molecule has 1 aliphatic carbocycles. The molecular weight excluding hydrogens is 388 g/mol. The van der Waals surface area contributed by atoms with Crippen LogP contribution in [-0.4, -0.2) is 64.1 Å². The van der Waals surface area contributed by atoms with Gasteiger partial charge in [0.15, 0.2) is 0 Å². The summed E-state index contributed by atoms with van der Waals surface area (Å²) in [5.41, 5.74) is 2.69. The standard InChI is InChI=1S/C22H34N2O4S/c1-16-5-3-7-21-22(16)17-8-10-18(11-9-17)28-15-20-19(23-29(2,25)26)6-4-12-24(20)13-14-27-21/h3,5,7,17-20,23H,4,6,8-15H2,1-2H3/t17?,18?,19-,20?/m0/s1. The van der Waals surface area contributed by atoms with Crippen LogP contribution in [-0.2, 0) is 14.8 Å². The number of rotatable bonds is 2. The predicted octanol–water partition coefficient (Wildman–Crippen LogP) is 2.81. The van der Waals surface area contributed by atoms with Crippen LogP contribution in [0, 0.1) is 6.92 Å². The number of sulfonamides is 1. The Morgan fingerprint density at radius 2 is 1.90 bits per heavy atom. The smallest absolute Gasteiger partial charge is 0.209 e. The molecule has 0 radical (unpaired) electrons. The summed E-state index contributed by atoms with van der Waals surface area (Å²) < 4.78 is 39.3. The molecule has 1 aromatic rings. The third-order valence-electron chi connectivity index (χ3n) is 6.76. The second-order valence-corrected chi connectivity index (χ2v) is 10.7. The molecule has 162 valence electrons. The van der Waals surface area contributed by atoms with Gasteiger partial charge in [-0.3, -0.25) is 4.90 Å². The lowest BCUT2D eigenvalue weighted by atomic mass is 9.80. The van der Waals surface area contributed by atoms with E-state index in [0.29, 0.717) is 19.1 Å². The summed E-state index contributed by atoms with van der Waals surface area (Å²) >= 11 is 0. The van der Waals surface area contributed by atoms with Gasteiger partial charge in [-0.25, -0.2) is 13.1 Å². The van der Waals surface area contributed by atoms with Gasteiger partial charge in [-0.2, -0.15) is 0 Å². The third kappa shape index (κ3) is 5.13. The number of hydrogen-bond donors (Lipinski definition) is 1. The Bertz CT molecular complexity index is 805. The van der Waals surface area contributed by atoms with Crippen molar-refractivity contribution in [3.63, 3.8) is 0 Å². The van der Waals surface area contributed by atoms with E-state index in [1.54, 1.807) is 0 Å². The Morgan fingerprint density at radius 1 is 1.10 bits per heavy atom. The maximum Gasteiger partial charge on any atom is 0.209 e. The zero-order chi connectivity index (χ0) is 20.4. The predicted molar refractivity (Wildman–Crippen MR) is 114 cm³/mol. The molecule has 3 aliphatic heterocycles. The molecular formula is C22H34N2O4S. The highest BCUT2D eigenvalue weighted by Gasteiger charge is 2.35. The van der Waals surface area contributed by atoms with E-state index in [0.717, 1.165) is 57.4 Å². The van der Waals surface area contributed by atoms with Crippen molar-refractivity contribution in [3.05, 3.63) is 29.3 Å². The first-order valence-electron chi connectivity index (χ1n) is 11.0. The van der Waals surface area contributed by atoms with E-state index in [4.69, 9.17) is 9.47 Å². The van der Waals surface area contributed by atoms with E-state index in [1.165, 1.54) is 17.4 Å². The minimum absolute atomic E-state index is 0.0533. The second-order valence-electron chi connectivity index (χ2n) is 8.88. The van der Waals surface area contributed by atoms with Crippen LogP contribution in [0.2, 0.25) is 0 Å². The number of aryl methyl sites for hydroxylation is 1. The maximum atomic E-state index is 11.9. The van der Waals surface area contributed by atoms with Crippen molar-refractivity contribution in [3.8, 4) is 5.75 Å². The molecule has 1 aromatic carbocycles. The monoisotopic (exact) mass is 422 g/mol. The van der Waals surface area contributed by atoms with Gasteiger partial charge in [0.05, 0.1) is 19.0 Å². The van der Waals surface area contributed by atoms with Crippen molar-refractivity contribution in [2.75, 3.05) is 32.6 Å². The Morgan fingerprint density at radius 3 is 2.66 bits per heavy atom. The summed E-state index contributed by atoms with van der Waals surface area (Å²) in [6.07, 6.45) is 7.68. The van der Waals surface area contributed by atoms with Crippen LogP contribution in [0.25, 0.3) is 0 Å². The Hall–Kier alpha value is -1.15. The average molecular weight is 423 g/mol. The number of nitrogens with one attached hydrogen (secondary N) is 1. The van der Waals surface area contributed by atoms with Gasteiger partial charge in [-0.1, -0.05) is 12.1 Å². The summed E-state index contributed by atoms with van der Waals surface area (Å²) in [4.78, 5) is 2.35. The van der Waals surface area contributed by atoms with Gasteiger partial charge in [0.2, 0.25) is 10.0 Å². The SMILES string of the molecule is Cc1cccc2c1C1CCC(CC1)OCC1[C@@H](NS(C)(=O)=O)CCCN1CCO2. The van der Waals surface area contributed by atoms with Crippen LogP contribution >= 0.6 is 0 Å². The zero-order valence-corrected chi connectivity index (χ0v) is 18.4. The van der Waals surface area contributed by atoms with Crippen LogP contribution in [0.3, 0.4) is 0 Å². The normalized spacial score (nSPS) is 31.5. The maximum absolute atomic E-state index is 11.9. The third-order valence-corrected chi connectivity index (χ3v) is 7.50. The zero-order valence-electron chi connectivity index (χ0n) is 17.6. The average Bonchev–Trinajstić information content (AvgIpc) is 2.69. The highest BCUT2D eigenvalue weighted by atomic mass is 32.2. The Balaban J connectivity index is 1.58. The van der Waals surface area contributed by atoms with E-state index in [-0.39, 0.29) is 18.2 Å². The summed E-state index contributed by atoms with van der Waals surface area (Å²) in [5.74, 6) is 1.56. The number of nitrogens with zero attached hydrogens (tertiary/aromatic N) is 1. The Labute approximate surface area is 175 Å². The van der Waals surface area contributed by atoms with Gasteiger partial charge in [0.1, 0.15) is 12.4 Å². The lowest BCUT2D eigenvalue weighted by molar-refractivity contribution is -0.0284. The van der Waals surface area contributed by atoms with Crippen LogP contribution in [0.1, 0.15) is 55.6 Å². The molecule has 2 bridgehead atoms. The molecule has 29 heavy (non-hydrogen) atoms. The van der Waals surface area contributed by atoms with Crippen LogP contribution in [0.15, 0.2) is 18.2 Å². The van der Waals surface area contributed by atoms with Crippen molar-refractivity contribution >= 4 is 10.0 Å². The van der Waals surface area contributed by atoms with Crippen molar-refractivity contribution < 1.29 is 17.9 Å². The van der Waals surface area contributed by atoms with Gasteiger partial charge in [0.25, 0.3) is 0 Å². The fourth-order valence-electron chi connectivity index (χ4n) is 5.37. The minimum Gasteiger partial charge on any atom is -0.492 e. The number of hydrogen-bond acceptors (Lipinski definition) is 5. The number of piperidine rings is 1. The molecule has 0 amide bonds. The lowest BCUT2D eigenvalue weighted by Gasteiger charge is -2.41. The molecule has 1 unspecified atom stereocenters. The summed E-state index contributed by atoms with van der Waals surface area (Å²) in [7, 11) is -3.25. The van der Waals surface area contributed by atoms with E-state index in [2.05, 4.69) is 34.7 Å². The molecule has 1 saturated carbocycles. The second kappa shape index (κ2) is 8.92. The summed E-state index contributed by atoms with van der Waals surface area (Å²) in [6.45, 7) is 5.10. The molecule has 2 fully saturated rings. The highest BCUT2D eigenvalue weighted by molar-refractivity contribution is 7.88. The molecule has 0 aromatic heterocycles. The van der Waals surface area contributed by atoms with Crippen LogP contribution < -0.4 is 9.46 Å². The number of benzene rings is 1. The molecule has 1 N–H and O–H groups in total. The van der Waals surface area contributed by atoms with E-state index in [9.17, 15) is 8.42 Å². The molecule has 3 heterocycles. The fraction of sp³-hybridized carbons (Fsp3) is 0.727. The first kappa shape index (κ1) is 21.1. The van der Waals surface area contributed by atoms with Gasteiger partial charge < -0.3 is 9.47 Å². The molecule has 4 aliphatic rings. The minimum atomic E-state index is -3.25. The Kier molecular flexibility index (Phi) is 6.49. The van der Waals surface area contributed by atoms with Crippen molar-refractivity contribution in [1.29, 1.82) is 0 Å². The van der Waals surface area contributed by atoms with Crippen molar-refractivity contribution in [2.45, 2.75) is 69.6 Å². The summed E-state index contributed by atoms with van der Waals surface area (Å²) in [5, 5.41) is 0. The van der Waals surface area contributed by atoms with Crippen LogP contribution in [0.5, 0.6) is 5.75 Å². The molecule has 1 saturated heterocycles. The van der Waals surface area contributed by atoms with Crippen molar-refractivity contribution in [1.82, 2.24) is 9.62 Å². The summed E-state index contributed by atoms with van der Waals surface area (Å²) in [6, 6.07) is 6.32. The first-order valence-corrected chi connectivity index (χ1v) is 12.8. The molecule has 5 rings (SSSR count). The topological polar surface area (TPSA) is 67.9 Å². The number of fused-ring (bicyclic) bond motifs is 5. The quantitative estimate of drug-likeness (QED) is 0.794. The van der Waals surface area contributed by atoms with Gasteiger partial charge in [-0.15, -0.1) is 0 Å². The molecule has 0 spiro atoms. The molecule has 6 nitrogen and oxygen atoms in total. The fourth-order valence-corrected chi connectivity index (χ4v) is 6.19. The van der Waals surface area contributed by atoms with Gasteiger partial charge in [0, 0.05) is 24.2 Å².